The average molecular weight is 414 g/mol. The van der Waals surface area contributed by atoms with E-state index in [2.05, 4.69) is 20.3 Å². The van der Waals surface area contributed by atoms with E-state index >= 15 is 0 Å². The second kappa shape index (κ2) is 8.74. The fourth-order valence-electron chi connectivity index (χ4n) is 3.25. The maximum atomic E-state index is 12.9. The minimum atomic E-state index is -0.451. The molecule has 0 atom stereocenters. The molecule has 8 nitrogen and oxygen atoms in total. The topological polar surface area (TPSA) is 92.5 Å². The van der Waals surface area contributed by atoms with Crippen molar-refractivity contribution in [3.8, 4) is 11.3 Å². The molecule has 0 spiro atoms. The lowest BCUT2D eigenvalue weighted by Crippen LogP contribution is -2.30. The third-order valence-corrected chi connectivity index (χ3v) is 4.80. The highest BCUT2D eigenvalue weighted by atomic mass is 16.2. The van der Waals surface area contributed by atoms with Gasteiger partial charge in [-0.2, -0.15) is 4.98 Å². The number of anilines is 1. The summed E-state index contributed by atoms with van der Waals surface area (Å²) in [6.07, 6.45) is 5.98. The zero-order valence-electron chi connectivity index (χ0n) is 17.3. The van der Waals surface area contributed by atoms with Crippen molar-refractivity contribution in [1.29, 1.82) is 0 Å². The molecular weight excluding hydrogens is 392 g/mol. The van der Waals surface area contributed by atoms with Gasteiger partial charge < -0.3 is 10.2 Å². The second-order valence-corrected chi connectivity index (χ2v) is 7.09. The van der Waals surface area contributed by atoms with Gasteiger partial charge in [-0.05, 0) is 24.6 Å². The van der Waals surface area contributed by atoms with Crippen LogP contribution in [0.3, 0.4) is 0 Å². The molecule has 0 fully saturated rings. The van der Waals surface area contributed by atoms with Crippen LogP contribution >= 0.6 is 0 Å². The quantitative estimate of drug-likeness (QED) is 0.521. The highest BCUT2D eigenvalue weighted by Gasteiger charge is 2.21. The lowest BCUT2D eigenvalue weighted by atomic mass is 10.1. The Morgan fingerprint density at radius 3 is 2.65 bits per heavy atom. The fraction of sp³-hybridized carbons (Fsp3) is 0.174. The molecule has 4 rings (SSSR count). The van der Waals surface area contributed by atoms with Gasteiger partial charge in [-0.15, -0.1) is 0 Å². The van der Waals surface area contributed by atoms with E-state index in [1.54, 1.807) is 40.7 Å². The number of hydrogen-bond acceptors (Lipinski definition) is 5. The normalized spacial score (nSPS) is 10.8. The summed E-state index contributed by atoms with van der Waals surface area (Å²) in [4.78, 5) is 40.2. The molecular formula is C23H22N6O2. The molecule has 0 aliphatic carbocycles. The van der Waals surface area contributed by atoms with Gasteiger partial charge in [0.25, 0.3) is 11.8 Å². The van der Waals surface area contributed by atoms with Gasteiger partial charge in [0.2, 0.25) is 5.78 Å². The summed E-state index contributed by atoms with van der Waals surface area (Å²) in [6, 6.07) is 14.7. The molecule has 1 aromatic carbocycles. The molecule has 0 saturated heterocycles. The van der Waals surface area contributed by atoms with E-state index in [0.717, 1.165) is 17.7 Å². The maximum Gasteiger partial charge on any atom is 0.273 e. The summed E-state index contributed by atoms with van der Waals surface area (Å²) < 4.78 is 1.79. The smallest absolute Gasteiger partial charge is 0.273 e. The molecule has 3 heterocycles. The molecule has 8 heteroatoms. The van der Waals surface area contributed by atoms with Crippen LogP contribution in [0.25, 0.3) is 17.0 Å². The van der Waals surface area contributed by atoms with Gasteiger partial charge in [-0.25, -0.2) is 4.98 Å². The number of imidazole rings is 1. The summed E-state index contributed by atoms with van der Waals surface area (Å²) in [5, 5.41) is 2.75. The number of amides is 2. The Hall–Kier alpha value is -4.07. The van der Waals surface area contributed by atoms with Gasteiger partial charge in [0, 0.05) is 37.7 Å². The number of carbonyl (C=O) groups excluding carboxylic acids is 2. The zero-order valence-corrected chi connectivity index (χ0v) is 17.3. The standard InChI is InChI=1S/C23H22N6O2/c1-3-13-28(2)22(31)20-17(10-7-12-24-20)21(30)26-19-11-14-29-15-18(25-23(29)27-19)16-8-5-4-6-9-16/h4-12,14-15H,3,13H2,1-2H3,(H,25,26,27,30). The Labute approximate surface area is 179 Å². The minimum absolute atomic E-state index is 0.115. The number of hydrogen-bond donors (Lipinski definition) is 1. The summed E-state index contributed by atoms with van der Waals surface area (Å²) in [5.74, 6) is 0.0542. The van der Waals surface area contributed by atoms with Gasteiger partial charge in [0.05, 0.1) is 11.3 Å². The largest absolute Gasteiger partial charge is 0.340 e. The third-order valence-electron chi connectivity index (χ3n) is 4.80. The van der Waals surface area contributed by atoms with Crippen LogP contribution in [0.1, 0.15) is 34.2 Å². The highest BCUT2D eigenvalue weighted by molar-refractivity contribution is 6.10. The van der Waals surface area contributed by atoms with Crippen LogP contribution in [0, 0.1) is 0 Å². The Balaban J connectivity index is 1.58. The molecule has 156 valence electrons. The lowest BCUT2D eigenvalue weighted by Gasteiger charge is -2.17. The SMILES string of the molecule is CCCN(C)C(=O)c1ncccc1C(=O)Nc1ccn2cc(-c3ccccc3)nc2n1. The van der Waals surface area contributed by atoms with E-state index in [9.17, 15) is 9.59 Å². The van der Waals surface area contributed by atoms with Crippen molar-refractivity contribution in [3.63, 3.8) is 0 Å². The van der Waals surface area contributed by atoms with Crippen LogP contribution in [0.4, 0.5) is 5.82 Å². The lowest BCUT2D eigenvalue weighted by molar-refractivity contribution is 0.0784. The second-order valence-electron chi connectivity index (χ2n) is 7.09. The van der Waals surface area contributed by atoms with Crippen molar-refractivity contribution in [2.24, 2.45) is 0 Å². The summed E-state index contributed by atoms with van der Waals surface area (Å²) in [6.45, 7) is 2.56. The first-order chi connectivity index (χ1) is 15.1. The molecule has 0 radical (unpaired) electrons. The summed E-state index contributed by atoms with van der Waals surface area (Å²) in [7, 11) is 1.69. The molecule has 0 saturated carbocycles. The van der Waals surface area contributed by atoms with Crippen LogP contribution in [0.15, 0.2) is 67.1 Å². The number of benzene rings is 1. The average Bonchev–Trinajstić information content (AvgIpc) is 3.23. The number of fused-ring (bicyclic) bond motifs is 1. The van der Waals surface area contributed by atoms with E-state index in [0.29, 0.717) is 18.1 Å². The van der Waals surface area contributed by atoms with Crippen molar-refractivity contribution in [2.45, 2.75) is 13.3 Å². The highest BCUT2D eigenvalue weighted by Crippen LogP contribution is 2.19. The number of aromatic nitrogens is 4. The van der Waals surface area contributed by atoms with Crippen molar-refractivity contribution >= 4 is 23.4 Å². The summed E-state index contributed by atoms with van der Waals surface area (Å²) >= 11 is 0. The zero-order chi connectivity index (χ0) is 21.8. The van der Waals surface area contributed by atoms with Crippen molar-refractivity contribution in [3.05, 3.63) is 78.4 Å². The van der Waals surface area contributed by atoms with Crippen molar-refractivity contribution in [1.82, 2.24) is 24.3 Å². The molecule has 2 amide bonds. The number of carbonyl (C=O) groups is 2. The molecule has 0 aliphatic heterocycles. The molecule has 31 heavy (non-hydrogen) atoms. The van der Waals surface area contributed by atoms with E-state index in [4.69, 9.17) is 0 Å². The van der Waals surface area contributed by atoms with Crippen LogP contribution in [0.5, 0.6) is 0 Å². The van der Waals surface area contributed by atoms with Gasteiger partial charge in [-0.3, -0.25) is 19.0 Å². The Morgan fingerprint density at radius 1 is 1.06 bits per heavy atom. The van der Waals surface area contributed by atoms with Crippen molar-refractivity contribution in [2.75, 3.05) is 18.9 Å². The van der Waals surface area contributed by atoms with Crippen LogP contribution < -0.4 is 5.32 Å². The number of pyridine rings is 1. The van der Waals surface area contributed by atoms with Gasteiger partial charge in [0.15, 0.2) is 0 Å². The predicted octanol–water partition coefficient (Wildman–Crippen LogP) is 3.53. The molecule has 0 aliphatic rings. The van der Waals surface area contributed by atoms with Gasteiger partial charge >= 0.3 is 0 Å². The molecule has 1 N–H and O–H groups in total. The Morgan fingerprint density at radius 2 is 1.87 bits per heavy atom. The van der Waals surface area contributed by atoms with Crippen LogP contribution in [0.2, 0.25) is 0 Å². The van der Waals surface area contributed by atoms with Crippen LogP contribution in [-0.4, -0.2) is 49.7 Å². The predicted molar refractivity (Wildman–Crippen MR) is 118 cm³/mol. The minimum Gasteiger partial charge on any atom is -0.340 e. The van der Waals surface area contributed by atoms with E-state index < -0.39 is 5.91 Å². The monoisotopic (exact) mass is 414 g/mol. The molecule has 4 aromatic rings. The van der Waals surface area contributed by atoms with Gasteiger partial charge in [-0.1, -0.05) is 37.3 Å². The molecule has 0 bridgehead atoms. The fourth-order valence-corrected chi connectivity index (χ4v) is 3.25. The maximum absolute atomic E-state index is 12.9. The number of nitrogens with one attached hydrogen (secondary N) is 1. The first-order valence-electron chi connectivity index (χ1n) is 10.00. The molecule has 3 aromatic heterocycles. The Kier molecular flexibility index (Phi) is 5.70. The number of nitrogens with zero attached hydrogens (tertiary/aromatic N) is 5. The van der Waals surface area contributed by atoms with Crippen molar-refractivity contribution < 1.29 is 9.59 Å². The van der Waals surface area contributed by atoms with E-state index in [1.165, 1.54) is 6.20 Å². The van der Waals surface area contributed by atoms with E-state index in [-0.39, 0.29) is 17.2 Å². The first-order valence-corrected chi connectivity index (χ1v) is 10.00. The first kappa shape index (κ1) is 20.2. The molecule has 0 unspecified atom stereocenters. The summed E-state index contributed by atoms with van der Waals surface area (Å²) in [5.41, 5.74) is 2.08. The van der Waals surface area contributed by atoms with Gasteiger partial charge in [0.1, 0.15) is 11.5 Å². The third kappa shape index (κ3) is 4.28. The number of rotatable bonds is 6. The van der Waals surface area contributed by atoms with Crippen LogP contribution in [-0.2, 0) is 0 Å². The Bertz CT molecular complexity index is 1240. The van der Waals surface area contributed by atoms with E-state index in [1.807, 2.05) is 43.5 Å².